The Morgan fingerprint density at radius 1 is 0.889 bits per heavy atom. The van der Waals surface area contributed by atoms with Gasteiger partial charge in [0.2, 0.25) is 0 Å². The van der Waals surface area contributed by atoms with Gasteiger partial charge >= 0.3 is 0 Å². The number of nitrogens with two attached hydrogens (primary N) is 1. The molecule has 0 aromatic heterocycles. The molecule has 0 saturated carbocycles. The van der Waals surface area contributed by atoms with Crippen molar-refractivity contribution in [2.75, 3.05) is 5.75 Å². The van der Waals surface area contributed by atoms with E-state index in [0.717, 1.165) is 16.7 Å². The van der Waals surface area contributed by atoms with Gasteiger partial charge in [-0.25, -0.2) is 0 Å². The van der Waals surface area contributed by atoms with E-state index in [9.17, 15) is 4.79 Å². The van der Waals surface area contributed by atoms with Crippen LogP contribution in [0.25, 0.3) is 0 Å². The fraction of sp³-hybridized carbons (Fsp3) is 0.136. The van der Waals surface area contributed by atoms with Gasteiger partial charge in [-0.15, -0.1) is 11.8 Å². The van der Waals surface area contributed by atoms with Crippen LogP contribution in [0.5, 0.6) is 0 Å². The molecule has 1 atom stereocenters. The molecule has 0 heterocycles. The maximum Gasteiger partial charge on any atom is 0.294 e. The van der Waals surface area contributed by atoms with E-state index in [-0.39, 0.29) is 0 Å². The average molecular weight is 398 g/mol. The number of hydrogen-bond donors (Lipinski definition) is 1. The van der Waals surface area contributed by atoms with Crippen LogP contribution < -0.4 is 5.73 Å². The first-order chi connectivity index (χ1) is 13.2. The Morgan fingerprint density at radius 2 is 1.37 bits per heavy atom. The van der Waals surface area contributed by atoms with Gasteiger partial charge in [0, 0.05) is 10.8 Å². The second kappa shape index (κ2) is 9.09. The highest BCUT2D eigenvalue weighted by Crippen LogP contribution is 2.48. The van der Waals surface area contributed by atoms with Crippen LogP contribution in [0.3, 0.4) is 0 Å². The average Bonchev–Trinajstić information content (AvgIpc) is 2.71. The first-order valence-electron chi connectivity index (χ1n) is 8.52. The lowest BCUT2D eigenvalue weighted by molar-refractivity contribution is -0.132. The molecule has 0 aliphatic heterocycles. The molecule has 0 aliphatic rings. The van der Waals surface area contributed by atoms with E-state index >= 15 is 0 Å². The molecule has 0 aliphatic carbocycles. The van der Waals surface area contributed by atoms with Crippen molar-refractivity contribution in [3.63, 3.8) is 0 Å². The number of ether oxygens (including phenoxy) is 1. The van der Waals surface area contributed by atoms with E-state index in [0.29, 0.717) is 17.2 Å². The zero-order valence-electron chi connectivity index (χ0n) is 14.6. The molecule has 0 fully saturated rings. The van der Waals surface area contributed by atoms with Crippen molar-refractivity contribution in [1.29, 1.82) is 0 Å². The van der Waals surface area contributed by atoms with Gasteiger partial charge in [0.05, 0.1) is 4.75 Å². The van der Waals surface area contributed by atoms with Crippen molar-refractivity contribution in [3.8, 4) is 0 Å². The monoisotopic (exact) mass is 397 g/mol. The van der Waals surface area contributed by atoms with Crippen molar-refractivity contribution in [1.82, 2.24) is 0 Å². The van der Waals surface area contributed by atoms with Crippen molar-refractivity contribution in [3.05, 3.63) is 107 Å². The van der Waals surface area contributed by atoms with Gasteiger partial charge < -0.3 is 4.74 Å². The van der Waals surface area contributed by atoms with Gasteiger partial charge in [0.15, 0.2) is 6.23 Å². The second-order valence-corrected chi connectivity index (χ2v) is 7.67. The summed E-state index contributed by atoms with van der Waals surface area (Å²) in [6, 6.07) is 28.3. The van der Waals surface area contributed by atoms with Crippen LogP contribution in [0, 0.1) is 0 Å². The van der Waals surface area contributed by atoms with Gasteiger partial charge in [-0.3, -0.25) is 10.5 Å². The Balaban J connectivity index is 2.18. The SMILES string of the molecule is NC(CSC(c1ccccc1)(c1ccccc1)c1ccc(Cl)cc1)OC=O. The number of thioether (sulfide) groups is 1. The van der Waals surface area contributed by atoms with Gasteiger partial charge in [-0.05, 0) is 28.8 Å². The first kappa shape index (κ1) is 19.5. The minimum Gasteiger partial charge on any atom is -0.448 e. The fourth-order valence-electron chi connectivity index (χ4n) is 3.10. The van der Waals surface area contributed by atoms with Crippen molar-refractivity contribution >= 4 is 29.8 Å². The summed E-state index contributed by atoms with van der Waals surface area (Å²) >= 11 is 7.77. The van der Waals surface area contributed by atoms with Crippen molar-refractivity contribution in [2.24, 2.45) is 5.73 Å². The number of carbonyl (C=O) groups excluding carboxylic acids is 1. The molecule has 3 rings (SSSR count). The summed E-state index contributed by atoms with van der Waals surface area (Å²) in [5.74, 6) is 0.436. The molecule has 138 valence electrons. The second-order valence-electron chi connectivity index (χ2n) is 6.00. The minimum absolute atomic E-state index is 0.389. The zero-order valence-corrected chi connectivity index (χ0v) is 16.2. The molecule has 0 bridgehead atoms. The van der Waals surface area contributed by atoms with Gasteiger partial charge in [-0.1, -0.05) is 84.4 Å². The van der Waals surface area contributed by atoms with E-state index in [4.69, 9.17) is 22.1 Å². The smallest absolute Gasteiger partial charge is 0.294 e. The van der Waals surface area contributed by atoms with Gasteiger partial charge in [0.25, 0.3) is 6.47 Å². The molecule has 1 unspecified atom stereocenters. The largest absolute Gasteiger partial charge is 0.448 e. The molecule has 5 heteroatoms. The lowest BCUT2D eigenvalue weighted by atomic mass is 9.84. The van der Waals surface area contributed by atoms with E-state index in [1.165, 1.54) is 0 Å². The molecule has 2 N–H and O–H groups in total. The topological polar surface area (TPSA) is 52.3 Å². The predicted molar refractivity (Wildman–Crippen MR) is 112 cm³/mol. The molecule has 0 amide bonds. The standard InChI is InChI=1S/C22H20ClNO2S/c23-20-13-11-19(12-14-20)22(17-7-3-1-4-8-17,18-9-5-2-6-10-18)27-15-21(24)26-16-25/h1-14,16,21H,15,24H2. The van der Waals surface area contributed by atoms with Crippen LogP contribution in [-0.2, 0) is 14.3 Å². The Kier molecular flexibility index (Phi) is 6.56. The number of rotatable bonds is 8. The molecule has 0 saturated heterocycles. The number of carbonyl (C=O) groups is 1. The van der Waals surface area contributed by atoms with Crippen LogP contribution in [0.15, 0.2) is 84.9 Å². The molecule has 3 aromatic rings. The summed E-state index contributed by atoms with van der Waals surface area (Å²) in [5.41, 5.74) is 9.26. The minimum atomic E-state index is -0.688. The number of hydrogen-bond acceptors (Lipinski definition) is 4. The maximum absolute atomic E-state index is 10.7. The summed E-state index contributed by atoms with van der Waals surface area (Å²) in [7, 11) is 0. The number of halogens is 1. The highest BCUT2D eigenvalue weighted by atomic mass is 35.5. The third-order valence-corrected chi connectivity index (χ3v) is 6.19. The lowest BCUT2D eigenvalue weighted by Crippen LogP contribution is -2.32. The lowest BCUT2D eigenvalue weighted by Gasteiger charge is -2.36. The Hall–Kier alpha value is -2.27. The zero-order chi connectivity index (χ0) is 19.1. The van der Waals surface area contributed by atoms with Crippen LogP contribution >= 0.6 is 23.4 Å². The van der Waals surface area contributed by atoms with Crippen LogP contribution in [0.2, 0.25) is 5.02 Å². The summed E-state index contributed by atoms with van der Waals surface area (Å²) < 4.78 is 4.40. The van der Waals surface area contributed by atoms with E-state index in [2.05, 4.69) is 24.3 Å². The van der Waals surface area contributed by atoms with Crippen molar-refractivity contribution < 1.29 is 9.53 Å². The Bertz CT molecular complexity index is 817. The Labute approximate surface area is 168 Å². The molecular formula is C22H20ClNO2S. The van der Waals surface area contributed by atoms with Crippen LogP contribution in [-0.4, -0.2) is 18.5 Å². The van der Waals surface area contributed by atoms with E-state index in [1.54, 1.807) is 11.8 Å². The summed E-state index contributed by atoms with van der Waals surface area (Å²) in [6.07, 6.45) is -0.688. The van der Waals surface area contributed by atoms with Gasteiger partial charge in [-0.2, -0.15) is 0 Å². The molecule has 27 heavy (non-hydrogen) atoms. The van der Waals surface area contributed by atoms with Crippen LogP contribution in [0.1, 0.15) is 16.7 Å². The Morgan fingerprint density at radius 3 is 1.85 bits per heavy atom. The van der Waals surface area contributed by atoms with E-state index < -0.39 is 11.0 Å². The molecular weight excluding hydrogens is 378 g/mol. The highest BCUT2D eigenvalue weighted by Gasteiger charge is 2.37. The first-order valence-corrected chi connectivity index (χ1v) is 9.89. The maximum atomic E-state index is 10.7. The normalized spacial score (nSPS) is 12.4. The number of benzene rings is 3. The third-order valence-electron chi connectivity index (χ3n) is 4.31. The predicted octanol–water partition coefficient (Wildman–Crippen LogP) is 4.82. The molecule has 0 radical (unpaired) electrons. The summed E-state index contributed by atoms with van der Waals surface area (Å²) in [4.78, 5) is 10.7. The third kappa shape index (κ3) is 4.35. The summed E-state index contributed by atoms with van der Waals surface area (Å²) in [5, 5.41) is 0.680. The quantitative estimate of drug-likeness (QED) is 0.336. The highest BCUT2D eigenvalue weighted by molar-refractivity contribution is 8.00. The van der Waals surface area contributed by atoms with Crippen LogP contribution in [0.4, 0.5) is 0 Å². The molecule has 3 nitrogen and oxygen atoms in total. The fourth-order valence-corrected chi connectivity index (χ4v) is 4.63. The van der Waals surface area contributed by atoms with Crippen molar-refractivity contribution in [2.45, 2.75) is 11.0 Å². The van der Waals surface area contributed by atoms with E-state index in [1.807, 2.05) is 60.7 Å². The summed E-state index contributed by atoms with van der Waals surface area (Å²) in [6.45, 7) is 0.389. The molecule has 0 spiro atoms. The molecule has 3 aromatic carbocycles. The van der Waals surface area contributed by atoms with Gasteiger partial charge in [0.1, 0.15) is 0 Å².